The molecule has 2 N–H and O–H groups in total. The fourth-order valence-corrected chi connectivity index (χ4v) is 1.54. The number of aromatic nitrogens is 4. The molecule has 0 spiro atoms. The van der Waals surface area contributed by atoms with E-state index in [1.165, 1.54) is 18.3 Å². The SMILES string of the molecule is O=[N+]([O-])c1ccc(NCc2cn(CCCO)nn2)nc1. The summed E-state index contributed by atoms with van der Waals surface area (Å²) in [6.45, 7) is 1.14. The van der Waals surface area contributed by atoms with Crippen molar-refractivity contribution in [3.63, 3.8) is 0 Å². The zero-order chi connectivity index (χ0) is 14.4. The van der Waals surface area contributed by atoms with Gasteiger partial charge < -0.3 is 10.4 Å². The van der Waals surface area contributed by atoms with Crippen molar-refractivity contribution in [2.75, 3.05) is 11.9 Å². The quantitative estimate of drug-likeness (QED) is 0.561. The Kier molecular flexibility index (Phi) is 4.56. The molecule has 0 aliphatic heterocycles. The summed E-state index contributed by atoms with van der Waals surface area (Å²) in [6, 6.07) is 2.92. The molecule has 0 saturated carbocycles. The molecule has 20 heavy (non-hydrogen) atoms. The van der Waals surface area contributed by atoms with Gasteiger partial charge in [-0.05, 0) is 12.5 Å². The molecule has 0 saturated heterocycles. The van der Waals surface area contributed by atoms with Crippen LogP contribution in [0, 0.1) is 10.1 Å². The van der Waals surface area contributed by atoms with Crippen molar-refractivity contribution in [3.05, 3.63) is 40.3 Å². The summed E-state index contributed by atoms with van der Waals surface area (Å²) >= 11 is 0. The Labute approximate surface area is 114 Å². The minimum Gasteiger partial charge on any atom is -0.396 e. The molecular weight excluding hydrogens is 264 g/mol. The van der Waals surface area contributed by atoms with E-state index in [1.807, 2.05) is 0 Å². The lowest BCUT2D eigenvalue weighted by Gasteiger charge is -2.01. The largest absolute Gasteiger partial charge is 0.396 e. The van der Waals surface area contributed by atoms with E-state index in [9.17, 15) is 10.1 Å². The summed E-state index contributed by atoms with van der Waals surface area (Å²) in [5.74, 6) is 0.528. The van der Waals surface area contributed by atoms with E-state index in [1.54, 1.807) is 10.9 Å². The average Bonchev–Trinajstić information content (AvgIpc) is 2.91. The molecule has 0 fully saturated rings. The van der Waals surface area contributed by atoms with Crippen LogP contribution in [-0.2, 0) is 13.1 Å². The molecule has 0 aromatic carbocycles. The number of nitrogens with one attached hydrogen (secondary N) is 1. The van der Waals surface area contributed by atoms with Gasteiger partial charge in [-0.3, -0.25) is 14.8 Å². The van der Waals surface area contributed by atoms with Crippen molar-refractivity contribution in [1.29, 1.82) is 0 Å². The number of rotatable bonds is 7. The van der Waals surface area contributed by atoms with Crippen molar-refractivity contribution in [2.24, 2.45) is 0 Å². The van der Waals surface area contributed by atoms with Crippen LogP contribution < -0.4 is 5.32 Å². The maximum Gasteiger partial charge on any atom is 0.287 e. The van der Waals surface area contributed by atoms with E-state index in [0.29, 0.717) is 25.3 Å². The van der Waals surface area contributed by atoms with Crippen molar-refractivity contribution in [3.8, 4) is 0 Å². The van der Waals surface area contributed by atoms with Gasteiger partial charge in [0.1, 0.15) is 17.7 Å². The number of nitrogens with zero attached hydrogens (tertiary/aromatic N) is 5. The molecular formula is C11H14N6O3. The second-order valence-corrected chi connectivity index (χ2v) is 4.06. The zero-order valence-electron chi connectivity index (χ0n) is 10.6. The van der Waals surface area contributed by atoms with Crippen molar-refractivity contribution < 1.29 is 10.0 Å². The maximum absolute atomic E-state index is 10.5. The second-order valence-electron chi connectivity index (χ2n) is 4.06. The number of aliphatic hydroxyl groups excluding tert-OH is 1. The summed E-state index contributed by atoms with van der Waals surface area (Å²) in [7, 11) is 0. The third kappa shape index (κ3) is 3.72. The van der Waals surface area contributed by atoms with Crippen LogP contribution in [0.5, 0.6) is 0 Å². The number of anilines is 1. The number of nitro groups is 1. The molecule has 2 aromatic heterocycles. The fraction of sp³-hybridized carbons (Fsp3) is 0.364. The van der Waals surface area contributed by atoms with Gasteiger partial charge in [-0.2, -0.15) is 0 Å². The molecule has 0 radical (unpaired) electrons. The number of hydrogen-bond acceptors (Lipinski definition) is 7. The van der Waals surface area contributed by atoms with Crippen LogP contribution in [0.4, 0.5) is 11.5 Å². The third-order valence-corrected chi connectivity index (χ3v) is 2.54. The Hall–Kier alpha value is -2.55. The van der Waals surface area contributed by atoms with Crippen molar-refractivity contribution >= 4 is 11.5 Å². The van der Waals surface area contributed by atoms with Crippen LogP contribution in [0.1, 0.15) is 12.1 Å². The number of hydrogen-bond donors (Lipinski definition) is 2. The first kappa shape index (κ1) is 13.9. The van der Waals surface area contributed by atoms with E-state index < -0.39 is 4.92 Å². The topological polar surface area (TPSA) is 119 Å². The monoisotopic (exact) mass is 278 g/mol. The van der Waals surface area contributed by atoms with Crippen molar-refractivity contribution in [1.82, 2.24) is 20.0 Å². The van der Waals surface area contributed by atoms with Gasteiger partial charge >= 0.3 is 0 Å². The molecule has 2 aromatic rings. The Bertz CT molecular complexity index is 568. The predicted octanol–water partition coefficient (Wildman–Crippen LogP) is 0.576. The van der Waals surface area contributed by atoms with E-state index in [2.05, 4.69) is 20.6 Å². The lowest BCUT2D eigenvalue weighted by atomic mass is 10.4. The first-order chi connectivity index (χ1) is 9.69. The van der Waals surface area contributed by atoms with Gasteiger partial charge in [0.2, 0.25) is 0 Å². The summed E-state index contributed by atoms with van der Waals surface area (Å²) in [5, 5.41) is 30.1. The Morgan fingerprint density at radius 1 is 1.45 bits per heavy atom. The molecule has 0 amide bonds. The highest BCUT2D eigenvalue weighted by molar-refractivity contribution is 5.40. The van der Waals surface area contributed by atoms with Gasteiger partial charge in [-0.15, -0.1) is 5.10 Å². The van der Waals surface area contributed by atoms with Crippen LogP contribution >= 0.6 is 0 Å². The van der Waals surface area contributed by atoms with E-state index in [4.69, 9.17) is 5.11 Å². The standard InChI is InChI=1S/C11H14N6O3/c18-5-1-4-16-8-9(14-15-16)6-12-11-3-2-10(7-13-11)17(19)20/h2-3,7-8,18H,1,4-6H2,(H,12,13). The minimum atomic E-state index is -0.497. The molecule has 2 heterocycles. The van der Waals surface area contributed by atoms with Crippen molar-refractivity contribution in [2.45, 2.75) is 19.5 Å². The highest BCUT2D eigenvalue weighted by Crippen LogP contribution is 2.12. The minimum absolute atomic E-state index is 0.0505. The molecule has 0 unspecified atom stereocenters. The summed E-state index contributed by atoms with van der Waals surface area (Å²) < 4.78 is 1.65. The molecule has 2 rings (SSSR count). The average molecular weight is 278 g/mol. The Balaban J connectivity index is 1.88. The maximum atomic E-state index is 10.5. The van der Waals surface area contributed by atoms with Crippen LogP contribution in [0.3, 0.4) is 0 Å². The number of aliphatic hydroxyl groups is 1. The van der Waals surface area contributed by atoms with Crippen LogP contribution in [0.25, 0.3) is 0 Å². The zero-order valence-corrected chi connectivity index (χ0v) is 10.6. The molecule has 0 atom stereocenters. The van der Waals surface area contributed by atoms with Gasteiger partial charge in [-0.25, -0.2) is 4.98 Å². The van der Waals surface area contributed by atoms with Gasteiger partial charge in [-0.1, -0.05) is 5.21 Å². The van der Waals surface area contributed by atoms with Crippen LogP contribution in [0.15, 0.2) is 24.5 Å². The van der Waals surface area contributed by atoms with Gasteiger partial charge in [0.25, 0.3) is 5.69 Å². The Morgan fingerprint density at radius 2 is 2.30 bits per heavy atom. The second kappa shape index (κ2) is 6.57. The summed E-state index contributed by atoms with van der Waals surface area (Å²) in [6.07, 6.45) is 3.59. The fourth-order valence-electron chi connectivity index (χ4n) is 1.54. The molecule has 0 bridgehead atoms. The highest BCUT2D eigenvalue weighted by Gasteiger charge is 2.06. The van der Waals surface area contributed by atoms with Crippen LogP contribution in [0.2, 0.25) is 0 Å². The lowest BCUT2D eigenvalue weighted by molar-refractivity contribution is -0.385. The highest BCUT2D eigenvalue weighted by atomic mass is 16.6. The van der Waals surface area contributed by atoms with Gasteiger partial charge in [0, 0.05) is 19.2 Å². The lowest BCUT2D eigenvalue weighted by Crippen LogP contribution is -2.02. The molecule has 106 valence electrons. The molecule has 9 heteroatoms. The van der Waals surface area contributed by atoms with E-state index >= 15 is 0 Å². The summed E-state index contributed by atoms with van der Waals surface area (Å²) in [4.78, 5) is 13.9. The smallest absolute Gasteiger partial charge is 0.287 e. The predicted molar refractivity (Wildman–Crippen MR) is 69.9 cm³/mol. The molecule has 0 aliphatic carbocycles. The third-order valence-electron chi connectivity index (χ3n) is 2.54. The first-order valence-electron chi connectivity index (χ1n) is 6.03. The van der Waals surface area contributed by atoms with Gasteiger partial charge in [0.05, 0.1) is 17.7 Å². The normalized spacial score (nSPS) is 10.4. The van der Waals surface area contributed by atoms with E-state index in [-0.39, 0.29) is 12.3 Å². The molecule has 9 nitrogen and oxygen atoms in total. The first-order valence-corrected chi connectivity index (χ1v) is 6.03. The number of pyridine rings is 1. The Morgan fingerprint density at radius 3 is 2.95 bits per heavy atom. The van der Waals surface area contributed by atoms with Crippen LogP contribution in [-0.4, -0.2) is 36.6 Å². The van der Waals surface area contributed by atoms with E-state index in [0.717, 1.165) is 5.69 Å². The molecule has 0 aliphatic rings. The summed E-state index contributed by atoms with van der Waals surface area (Å²) in [5.41, 5.74) is 0.675. The van der Waals surface area contributed by atoms with Gasteiger partial charge in [0.15, 0.2) is 0 Å². The number of aryl methyl sites for hydroxylation is 1.